The van der Waals surface area contributed by atoms with Gasteiger partial charge in [-0.25, -0.2) is 4.98 Å². The van der Waals surface area contributed by atoms with Crippen molar-refractivity contribution in [1.29, 1.82) is 0 Å². The molecule has 0 radical (unpaired) electrons. The van der Waals surface area contributed by atoms with Gasteiger partial charge in [0.25, 0.3) is 5.91 Å². The molecule has 0 atom stereocenters. The van der Waals surface area contributed by atoms with E-state index >= 15 is 0 Å². The second-order valence-corrected chi connectivity index (χ2v) is 7.18. The number of carbonyl (C=O) groups is 1. The molecule has 0 saturated carbocycles. The number of thiazole rings is 1. The number of aryl methyl sites for hydroxylation is 2. The molecular formula is C20H20N2O2S. The molecule has 1 aromatic heterocycles. The fourth-order valence-corrected chi connectivity index (χ4v) is 4.30. The highest BCUT2D eigenvalue weighted by Gasteiger charge is 2.19. The average Bonchev–Trinajstić information content (AvgIpc) is 3.26. The van der Waals surface area contributed by atoms with Gasteiger partial charge in [-0.3, -0.25) is 9.69 Å². The van der Waals surface area contributed by atoms with Gasteiger partial charge in [-0.2, -0.15) is 0 Å². The molecule has 0 N–H and O–H groups in total. The molecular weight excluding hydrogens is 332 g/mol. The van der Waals surface area contributed by atoms with Gasteiger partial charge in [-0.1, -0.05) is 29.5 Å². The molecule has 0 saturated heterocycles. The Labute approximate surface area is 151 Å². The molecule has 2 aromatic carbocycles. The summed E-state index contributed by atoms with van der Waals surface area (Å²) in [7, 11) is 0. The summed E-state index contributed by atoms with van der Waals surface area (Å²) in [6, 6.07) is 14.1. The number of ether oxygens (including phenoxy) is 1. The quantitative estimate of drug-likeness (QED) is 0.690. The van der Waals surface area contributed by atoms with Crippen molar-refractivity contribution in [1.82, 2.24) is 4.98 Å². The molecule has 25 heavy (non-hydrogen) atoms. The van der Waals surface area contributed by atoms with Crippen LogP contribution in [0, 0.1) is 0 Å². The summed E-state index contributed by atoms with van der Waals surface area (Å²) in [6.07, 6.45) is 3.46. The molecule has 1 heterocycles. The third-order valence-corrected chi connectivity index (χ3v) is 5.62. The van der Waals surface area contributed by atoms with Crippen molar-refractivity contribution in [2.24, 2.45) is 0 Å². The summed E-state index contributed by atoms with van der Waals surface area (Å²) in [5, 5.41) is 0.728. The van der Waals surface area contributed by atoms with Crippen molar-refractivity contribution in [2.45, 2.75) is 26.2 Å². The van der Waals surface area contributed by atoms with Crippen LogP contribution in [0.5, 0.6) is 5.75 Å². The zero-order chi connectivity index (χ0) is 17.2. The normalized spacial score (nSPS) is 13.0. The maximum Gasteiger partial charge on any atom is 0.266 e. The highest BCUT2D eigenvalue weighted by molar-refractivity contribution is 7.22. The Morgan fingerprint density at radius 3 is 2.88 bits per heavy atom. The number of rotatable bonds is 5. The Morgan fingerprint density at radius 1 is 1.20 bits per heavy atom. The van der Waals surface area contributed by atoms with Crippen LogP contribution < -0.4 is 9.64 Å². The van der Waals surface area contributed by atoms with Crippen LogP contribution in [0.2, 0.25) is 0 Å². The minimum absolute atomic E-state index is 0.0303. The van der Waals surface area contributed by atoms with E-state index in [-0.39, 0.29) is 12.5 Å². The monoisotopic (exact) mass is 352 g/mol. The Kier molecular flexibility index (Phi) is 4.40. The first kappa shape index (κ1) is 16.1. The van der Waals surface area contributed by atoms with Gasteiger partial charge in [0.15, 0.2) is 11.7 Å². The molecule has 1 aliphatic carbocycles. The lowest BCUT2D eigenvalue weighted by atomic mass is 10.1. The number of fused-ring (bicyclic) bond motifs is 2. The molecule has 0 unspecified atom stereocenters. The SMILES string of the molecule is CCN(C(=O)COc1ccc2c(c1)CCC2)c1nc2ccccc2s1. The number of para-hydroxylation sites is 1. The summed E-state index contributed by atoms with van der Waals surface area (Å²) in [6.45, 7) is 2.56. The Hall–Kier alpha value is -2.40. The highest BCUT2D eigenvalue weighted by atomic mass is 32.1. The fraction of sp³-hybridized carbons (Fsp3) is 0.300. The Morgan fingerprint density at radius 2 is 2.04 bits per heavy atom. The summed E-state index contributed by atoms with van der Waals surface area (Å²) in [5.74, 6) is 0.705. The van der Waals surface area contributed by atoms with Crippen molar-refractivity contribution in [3.8, 4) is 5.75 Å². The highest BCUT2D eigenvalue weighted by Crippen LogP contribution is 2.29. The number of nitrogens with zero attached hydrogens (tertiary/aromatic N) is 2. The number of anilines is 1. The van der Waals surface area contributed by atoms with Gasteiger partial charge in [-0.15, -0.1) is 0 Å². The van der Waals surface area contributed by atoms with Crippen molar-refractivity contribution in [3.63, 3.8) is 0 Å². The predicted octanol–water partition coefficient (Wildman–Crippen LogP) is 4.22. The molecule has 0 aliphatic heterocycles. The number of hydrogen-bond donors (Lipinski definition) is 0. The first-order valence-corrected chi connectivity index (χ1v) is 9.47. The average molecular weight is 352 g/mol. The zero-order valence-electron chi connectivity index (χ0n) is 14.2. The largest absolute Gasteiger partial charge is 0.484 e. The van der Waals surface area contributed by atoms with Gasteiger partial charge >= 0.3 is 0 Å². The predicted molar refractivity (Wildman–Crippen MR) is 102 cm³/mol. The van der Waals surface area contributed by atoms with E-state index in [1.165, 1.54) is 28.9 Å². The molecule has 128 valence electrons. The summed E-state index contributed by atoms with van der Waals surface area (Å²) in [5.41, 5.74) is 3.68. The Bertz CT molecular complexity index is 886. The number of benzene rings is 2. The number of likely N-dealkylation sites (N-methyl/N-ethyl adjacent to an activating group) is 1. The van der Waals surface area contributed by atoms with Gasteiger partial charge < -0.3 is 4.74 Å². The van der Waals surface area contributed by atoms with Crippen LogP contribution in [-0.2, 0) is 17.6 Å². The molecule has 3 aromatic rings. The number of carbonyl (C=O) groups excluding carboxylic acids is 1. The van der Waals surface area contributed by atoms with Crippen molar-refractivity contribution in [3.05, 3.63) is 53.6 Å². The van der Waals surface area contributed by atoms with Crippen LogP contribution in [0.25, 0.3) is 10.2 Å². The van der Waals surface area contributed by atoms with Crippen molar-refractivity contribution >= 4 is 32.6 Å². The van der Waals surface area contributed by atoms with E-state index in [0.717, 1.165) is 33.9 Å². The third kappa shape index (κ3) is 3.24. The van der Waals surface area contributed by atoms with Crippen LogP contribution in [0.1, 0.15) is 24.5 Å². The van der Waals surface area contributed by atoms with Crippen molar-refractivity contribution < 1.29 is 9.53 Å². The summed E-state index contributed by atoms with van der Waals surface area (Å²) in [4.78, 5) is 18.9. The minimum atomic E-state index is -0.0675. The maximum absolute atomic E-state index is 12.6. The van der Waals surface area contributed by atoms with Crippen molar-refractivity contribution in [2.75, 3.05) is 18.1 Å². The minimum Gasteiger partial charge on any atom is -0.484 e. The van der Waals surface area contributed by atoms with Crippen LogP contribution in [0.3, 0.4) is 0 Å². The van der Waals surface area contributed by atoms with Crippen LogP contribution in [0.4, 0.5) is 5.13 Å². The molecule has 5 heteroatoms. The summed E-state index contributed by atoms with van der Waals surface area (Å²) < 4.78 is 6.84. The first-order chi connectivity index (χ1) is 12.2. The van der Waals surface area contributed by atoms with Crippen LogP contribution >= 0.6 is 11.3 Å². The fourth-order valence-electron chi connectivity index (χ4n) is 3.25. The second-order valence-electron chi connectivity index (χ2n) is 6.17. The lowest BCUT2D eigenvalue weighted by Crippen LogP contribution is -2.34. The third-order valence-electron chi connectivity index (χ3n) is 4.56. The maximum atomic E-state index is 12.6. The van der Waals surface area contributed by atoms with E-state index in [1.54, 1.807) is 4.90 Å². The van der Waals surface area contributed by atoms with Gasteiger partial charge in [0.2, 0.25) is 0 Å². The van der Waals surface area contributed by atoms with Gasteiger partial charge in [-0.05, 0) is 61.6 Å². The molecule has 4 nitrogen and oxygen atoms in total. The number of amides is 1. The molecule has 0 spiro atoms. The second kappa shape index (κ2) is 6.84. The first-order valence-electron chi connectivity index (χ1n) is 8.65. The standard InChI is InChI=1S/C20H20N2O2S/c1-2-22(20-21-17-8-3-4-9-18(17)25-20)19(23)13-24-16-11-10-14-6-5-7-15(14)12-16/h3-4,8-12H,2,5-7,13H2,1H3. The van der Waals surface area contributed by atoms with E-state index in [2.05, 4.69) is 17.1 Å². The summed E-state index contributed by atoms with van der Waals surface area (Å²) >= 11 is 1.53. The van der Waals surface area contributed by atoms with Gasteiger partial charge in [0, 0.05) is 6.54 Å². The zero-order valence-corrected chi connectivity index (χ0v) is 15.0. The van der Waals surface area contributed by atoms with Crippen LogP contribution in [-0.4, -0.2) is 24.0 Å². The Balaban J connectivity index is 1.47. The molecule has 0 fully saturated rings. The molecule has 1 aliphatic rings. The number of aromatic nitrogens is 1. The van der Waals surface area contributed by atoms with Crippen LogP contribution in [0.15, 0.2) is 42.5 Å². The molecule has 0 bridgehead atoms. The van der Waals surface area contributed by atoms with Gasteiger partial charge in [0.1, 0.15) is 5.75 Å². The number of hydrogen-bond acceptors (Lipinski definition) is 4. The topological polar surface area (TPSA) is 42.4 Å². The lowest BCUT2D eigenvalue weighted by molar-refractivity contribution is -0.120. The van der Waals surface area contributed by atoms with Gasteiger partial charge in [0.05, 0.1) is 10.2 Å². The van der Waals surface area contributed by atoms with E-state index in [4.69, 9.17) is 4.74 Å². The molecule has 4 rings (SSSR count). The lowest BCUT2D eigenvalue weighted by Gasteiger charge is -2.18. The van der Waals surface area contributed by atoms with E-state index < -0.39 is 0 Å². The van der Waals surface area contributed by atoms with E-state index in [0.29, 0.717) is 6.54 Å². The smallest absolute Gasteiger partial charge is 0.266 e. The van der Waals surface area contributed by atoms with E-state index in [9.17, 15) is 4.79 Å². The van der Waals surface area contributed by atoms with E-state index in [1.807, 2.05) is 37.3 Å². The molecule has 1 amide bonds.